The van der Waals surface area contributed by atoms with Gasteiger partial charge in [-0.2, -0.15) is 0 Å². The van der Waals surface area contributed by atoms with Gasteiger partial charge in [0.25, 0.3) is 0 Å². The topological polar surface area (TPSA) is 47.3 Å². The lowest BCUT2D eigenvalue weighted by molar-refractivity contribution is 0.167. The molecule has 0 saturated heterocycles. The van der Waals surface area contributed by atoms with Gasteiger partial charge < -0.3 is 4.74 Å². The number of hydrazine groups is 1. The molecule has 2 rings (SSSR count). The summed E-state index contributed by atoms with van der Waals surface area (Å²) in [5.41, 5.74) is 2.96. The van der Waals surface area contributed by atoms with Crippen molar-refractivity contribution in [2.45, 2.75) is 18.9 Å². The normalized spacial score (nSPS) is 17.2. The molecule has 0 spiro atoms. The minimum atomic E-state index is -0.492. The number of hydrogen-bond donors (Lipinski definition) is 2. The molecule has 0 amide bonds. The second-order valence-electron chi connectivity index (χ2n) is 3.86. The van der Waals surface area contributed by atoms with E-state index in [9.17, 15) is 4.39 Å². The number of nitrogens with two attached hydrogens (primary N) is 1. The number of benzene rings is 1. The van der Waals surface area contributed by atoms with Crippen molar-refractivity contribution in [2.24, 2.45) is 5.84 Å². The molecule has 1 aliphatic heterocycles. The van der Waals surface area contributed by atoms with Gasteiger partial charge in [0.1, 0.15) is 17.6 Å². The van der Waals surface area contributed by atoms with Gasteiger partial charge >= 0.3 is 0 Å². The molecule has 1 aromatic rings. The van der Waals surface area contributed by atoms with E-state index in [0.29, 0.717) is 23.0 Å². The van der Waals surface area contributed by atoms with E-state index in [1.54, 1.807) is 6.07 Å². The Morgan fingerprint density at radius 1 is 1.47 bits per heavy atom. The highest BCUT2D eigenvalue weighted by atomic mass is 35.5. The molecule has 0 aromatic heterocycles. The Bertz CT molecular complexity index is 437. The maximum atomic E-state index is 13.7. The van der Waals surface area contributed by atoms with Crippen molar-refractivity contribution < 1.29 is 9.13 Å². The number of ether oxygens (including phenoxy) is 1. The van der Waals surface area contributed by atoms with Crippen LogP contribution in [0.2, 0.25) is 5.02 Å². The summed E-state index contributed by atoms with van der Waals surface area (Å²) in [6.45, 7) is 0.631. The standard InChI is InChI=1S/C12H14ClFN2O/c13-8-4-5-10(14)9(7-8)12(16-15)11-3-1-2-6-17-11/h3-5,7,12,16H,1-2,6,15H2. The van der Waals surface area contributed by atoms with Crippen LogP contribution >= 0.6 is 11.6 Å². The van der Waals surface area contributed by atoms with Crippen LogP contribution in [0.5, 0.6) is 0 Å². The van der Waals surface area contributed by atoms with Gasteiger partial charge in [0.15, 0.2) is 0 Å². The third kappa shape index (κ3) is 2.77. The van der Waals surface area contributed by atoms with Crippen LogP contribution in [0.4, 0.5) is 4.39 Å². The van der Waals surface area contributed by atoms with Crippen molar-refractivity contribution in [3.05, 3.63) is 46.4 Å². The van der Waals surface area contributed by atoms with Crippen molar-refractivity contribution in [1.29, 1.82) is 0 Å². The van der Waals surface area contributed by atoms with Crippen LogP contribution in [0.3, 0.4) is 0 Å². The summed E-state index contributed by atoms with van der Waals surface area (Å²) in [6.07, 6.45) is 3.81. The van der Waals surface area contributed by atoms with E-state index in [4.69, 9.17) is 22.2 Å². The van der Waals surface area contributed by atoms with Crippen LogP contribution in [0, 0.1) is 5.82 Å². The molecule has 92 valence electrons. The Labute approximate surface area is 104 Å². The predicted octanol–water partition coefficient (Wildman–Crippen LogP) is 2.68. The highest BCUT2D eigenvalue weighted by molar-refractivity contribution is 6.30. The fraction of sp³-hybridized carbons (Fsp3) is 0.333. The van der Waals surface area contributed by atoms with Gasteiger partial charge in [0.05, 0.1) is 6.61 Å². The first-order valence-electron chi connectivity index (χ1n) is 5.46. The Hall–Kier alpha value is -1.10. The maximum absolute atomic E-state index is 13.7. The van der Waals surface area contributed by atoms with E-state index in [1.807, 2.05) is 6.08 Å². The lowest BCUT2D eigenvalue weighted by Gasteiger charge is -2.23. The molecule has 5 heteroatoms. The van der Waals surface area contributed by atoms with Gasteiger partial charge in [-0.05, 0) is 37.1 Å². The van der Waals surface area contributed by atoms with Crippen molar-refractivity contribution in [1.82, 2.24) is 5.43 Å². The predicted molar refractivity (Wildman–Crippen MR) is 64.7 cm³/mol. The second kappa shape index (κ2) is 5.49. The highest BCUT2D eigenvalue weighted by Gasteiger charge is 2.21. The lowest BCUT2D eigenvalue weighted by atomic mass is 10.0. The molecule has 3 N–H and O–H groups in total. The first-order chi connectivity index (χ1) is 8.22. The third-order valence-corrected chi connectivity index (χ3v) is 2.92. The monoisotopic (exact) mass is 256 g/mol. The Kier molecular flexibility index (Phi) is 3.99. The molecule has 1 heterocycles. The van der Waals surface area contributed by atoms with Crippen molar-refractivity contribution in [3.8, 4) is 0 Å². The number of rotatable bonds is 3. The largest absolute Gasteiger partial charge is 0.496 e. The zero-order valence-corrected chi connectivity index (χ0v) is 10.0. The average Bonchev–Trinajstić information content (AvgIpc) is 2.36. The molecule has 0 saturated carbocycles. The van der Waals surface area contributed by atoms with Crippen molar-refractivity contribution in [3.63, 3.8) is 0 Å². The van der Waals surface area contributed by atoms with E-state index in [2.05, 4.69) is 5.43 Å². The molecule has 0 fully saturated rings. The Morgan fingerprint density at radius 2 is 2.29 bits per heavy atom. The lowest BCUT2D eigenvalue weighted by Crippen LogP contribution is -2.31. The van der Waals surface area contributed by atoms with Crippen LogP contribution in [-0.4, -0.2) is 6.61 Å². The van der Waals surface area contributed by atoms with Gasteiger partial charge in [-0.1, -0.05) is 11.6 Å². The van der Waals surface area contributed by atoms with Crippen LogP contribution in [0.15, 0.2) is 30.0 Å². The van der Waals surface area contributed by atoms with Crippen LogP contribution < -0.4 is 11.3 Å². The highest BCUT2D eigenvalue weighted by Crippen LogP contribution is 2.29. The van der Waals surface area contributed by atoms with E-state index < -0.39 is 6.04 Å². The van der Waals surface area contributed by atoms with Crippen LogP contribution in [0.25, 0.3) is 0 Å². The minimum absolute atomic E-state index is 0.354. The first kappa shape index (κ1) is 12.4. The van der Waals surface area contributed by atoms with Gasteiger partial charge in [0, 0.05) is 10.6 Å². The van der Waals surface area contributed by atoms with Gasteiger partial charge in [-0.3, -0.25) is 5.84 Å². The quantitative estimate of drug-likeness (QED) is 0.646. The molecule has 1 aliphatic rings. The zero-order valence-electron chi connectivity index (χ0n) is 9.25. The van der Waals surface area contributed by atoms with E-state index in [1.165, 1.54) is 12.1 Å². The summed E-state index contributed by atoms with van der Waals surface area (Å²) in [4.78, 5) is 0. The molecule has 1 unspecified atom stereocenters. The van der Waals surface area contributed by atoms with E-state index in [0.717, 1.165) is 12.8 Å². The third-order valence-electron chi connectivity index (χ3n) is 2.68. The molecular weight excluding hydrogens is 243 g/mol. The van der Waals surface area contributed by atoms with Gasteiger partial charge in [-0.15, -0.1) is 0 Å². The van der Waals surface area contributed by atoms with Gasteiger partial charge in [-0.25, -0.2) is 9.82 Å². The van der Waals surface area contributed by atoms with Gasteiger partial charge in [0.2, 0.25) is 0 Å². The number of allylic oxidation sites excluding steroid dienone is 1. The second-order valence-corrected chi connectivity index (χ2v) is 4.30. The molecule has 1 aromatic carbocycles. The Morgan fingerprint density at radius 3 is 2.94 bits per heavy atom. The summed E-state index contributed by atoms with van der Waals surface area (Å²) in [6, 6.07) is 3.89. The molecular formula is C12H14ClFN2O. The van der Waals surface area contributed by atoms with Crippen molar-refractivity contribution >= 4 is 11.6 Å². The SMILES string of the molecule is NNC(C1=CCCCO1)c1cc(Cl)ccc1F. The number of nitrogens with one attached hydrogen (secondary N) is 1. The Balaban J connectivity index is 2.34. The summed E-state index contributed by atoms with van der Waals surface area (Å²) in [5, 5.41) is 0.470. The average molecular weight is 257 g/mol. The molecule has 0 aliphatic carbocycles. The summed E-state index contributed by atoms with van der Waals surface area (Å²) in [5.74, 6) is 5.77. The van der Waals surface area contributed by atoms with Crippen LogP contribution in [-0.2, 0) is 4.74 Å². The number of halogens is 2. The molecule has 17 heavy (non-hydrogen) atoms. The fourth-order valence-corrected chi connectivity index (χ4v) is 2.02. The molecule has 3 nitrogen and oxygen atoms in total. The first-order valence-corrected chi connectivity index (χ1v) is 5.84. The minimum Gasteiger partial charge on any atom is -0.496 e. The fourth-order valence-electron chi connectivity index (χ4n) is 1.84. The molecule has 1 atom stereocenters. The summed E-state index contributed by atoms with van der Waals surface area (Å²) >= 11 is 5.86. The smallest absolute Gasteiger partial charge is 0.128 e. The molecule has 0 radical (unpaired) electrons. The number of hydrogen-bond acceptors (Lipinski definition) is 3. The van der Waals surface area contributed by atoms with E-state index >= 15 is 0 Å². The van der Waals surface area contributed by atoms with Crippen LogP contribution in [0.1, 0.15) is 24.4 Å². The summed E-state index contributed by atoms with van der Waals surface area (Å²) in [7, 11) is 0. The van der Waals surface area contributed by atoms with Crippen molar-refractivity contribution in [2.75, 3.05) is 6.61 Å². The molecule has 0 bridgehead atoms. The van der Waals surface area contributed by atoms with E-state index in [-0.39, 0.29) is 5.82 Å². The maximum Gasteiger partial charge on any atom is 0.128 e. The zero-order chi connectivity index (χ0) is 12.3. The summed E-state index contributed by atoms with van der Waals surface area (Å²) < 4.78 is 19.2.